The van der Waals surface area contributed by atoms with Gasteiger partial charge in [-0.2, -0.15) is 0 Å². The third-order valence-electron chi connectivity index (χ3n) is 0.804. The van der Waals surface area contributed by atoms with Gasteiger partial charge in [-0.3, -0.25) is 4.79 Å². The summed E-state index contributed by atoms with van der Waals surface area (Å²) >= 11 is 0. The van der Waals surface area contributed by atoms with Crippen LogP contribution in [-0.4, -0.2) is 38.0 Å². The number of rotatable bonds is 3. The van der Waals surface area contributed by atoms with Crippen molar-refractivity contribution in [1.29, 1.82) is 0 Å². The van der Waals surface area contributed by atoms with Gasteiger partial charge in [-0.1, -0.05) is 0 Å². The molecule has 0 rings (SSSR count). The van der Waals surface area contributed by atoms with Gasteiger partial charge in [-0.05, 0) is 6.92 Å². The van der Waals surface area contributed by atoms with Gasteiger partial charge in [0, 0.05) is 21.1 Å². The summed E-state index contributed by atoms with van der Waals surface area (Å²) in [4.78, 5) is 9.00. The van der Waals surface area contributed by atoms with Crippen molar-refractivity contribution in [3.63, 3.8) is 0 Å². The molecule has 0 aliphatic heterocycles. The van der Waals surface area contributed by atoms with Crippen molar-refractivity contribution in [1.82, 2.24) is 0 Å². The highest BCUT2D eigenvalue weighted by atomic mass is 16.5. The van der Waals surface area contributed by atoms with Crippen LogP contribution in [0.3, 0.4) is 0 Å². The van der Waals surface area contributed by atoms with Crippen LogP contribution >= 0.6 is 0 Å². The first-order valence-corrected chi connectivity index (χ1v) is 3.25. The molecule has 0 aliphatic rings. The van der Waals surface area contributed by atoms with E-state index in [0.29, 0.717) is 6.61 Å². The van der Waals surface area contributed by atoms with E-state index in [4.69, 9.17) is 19.4 Å². The highest BCUT2D eigenvalue weighted by Gasteiger charge is 1.93. The highest BCUT2D eigenvalue weighted by Crippen LogP contribution is 1.84. The Morgan fingerprint density at radius 2 is 1.91 bits per heavy atom. The molecule has 0 heterocycles. The largest absolute Gasteiger partial charge is 0.481 e. The lowest BCUT2D eigenvalue weighted by Gasteiger charge is -2.05. The zero-order chi connectivity index (χ0) is 9.28. The molecule has 68 valence electrons. The predicted molar refractivity (Wildman–Crippen MR) is 41.7 cm³/mol. The second-order valence-electron chi connectivity index (χ2n) is 2.02. The number of carbonyl (C=O) groups is 1. The van der Waals surface area contributed by atoms with E-state index in [-0.39, 0.29) is 6.10 Å². The van der Waals surface area contributed by atoms with Gasteiger partial charge in [0.1, 0.15) is 0 Å². The highest BCUT2D eigenvalue weighted by molar-refractivity contribution is 5.62. The smallest absolute Gasteiger partial charge is 0.300 e. The van der Waals surface area contributed by atoms with Crippen LogP contribution in [0.4, 0.5) is 0 Å². The molecule has 0 spiro atoms. The van der Waals surface area contributed by atoms with E-state index in [9.17, 15) is 0 Å². The molecule has 1 unspecified atom stereocenters. The standard InChI is InChI=1S/C5H12O2.C2H4O2/c1-5(7-3)4-6-2;1-2(3)4/h5H,4H2,1-3H3;1H3,(H,3,4). The van der Waals surface area contributed by atoms with Crippen LogP contribution in [0.5, 0.6) is 0 Å². The third-order valence-corrected chi connectivity index (χ3v) is 0.804. The SMILES string of the molecule is CC(=O)O.COCC(C)OC. The van der Waals surface area contributed by atoms with Gasteiger partial charge in [-0.25, -0.2) is 0 Å². The monoisotopic (exact) mass is 164 g/mol. The van der Waals surface area contributed by atoms with Crippen LogP contribution in [-0.2, 0) is 14.3 Å². The molecule has 0 saturated carbocycles. The number of carboxylic acids is 1. The van der Waals surface area contributed by atoms with E-state index in [1.54, 1.807) is 14.2 Å². The van der Waals surface area contributed by atoms with Crippen molar-refractivity contribution in [2.24, 2.45) is 0 Å². The zero-order valence-corrected chi connectivity index (χ0v) is 7.46. The van der Waals surface area contributed by atoms with E-state index in [0.717, 1.165) is 6.92 Å². The van der Waals surface area contributed by atoms with Gasteiger partial charge in [0.25, 0.3) is 5.97 Å². The summed E-state index contributed by atoms with van der Waals surface area (Å²) in [6.07, 6.45) is 0.227. The third kappa shape index (κ3) is 26.6. The van der Waals surface area contributed by atoms with Crippen LogP contribution in [0.2, 0.25) is 0 Å². The van der Waals surface area contributed by atoms with E-state index in [1.807, 2.05) is 6.92 Å². The zero-order valence-electron chi connectivity index (χ0n) is 7.46. The van der Waals surface area contributed by atoms with Gasteiger partial charge in [0.05, 0.1) is 12.7 Å². The van der Waals surface area contributed by atoms with Crippen LogP contribution in [0.15, 0.2) is 0 Å². The Bertz CT molecular complexity index is 88.4. The summed E-state index contributed by atoms with van der Waals surface area (Å²) in [6, 6.07) is 0. The molecule has 1 N–H and O–H groups in total. The number of hydrogen-bond acceptors (Lipinski definition) is 3. The fraction of sp³-hybridized carbons (Fsp3) is 0.857. The van der Waals surface area contributed by atoms with Gasteiger partial charge in [0.2, 0.25) is 0 Å². The van der Waals surface area contributed by atoms with Crippen LogP contribution in [0.1, 0.15) is 13.8 Å². The maximum absolute atomic E-state index is 9.00. The molecule has 0 aliphatic carbocycles. The van der Waals surface area contributed by atoms with Gasteiger partial charge < -0.3 is 14.6 Å². The second kappa shape index (κ2) is 9.39. The predicted octanol–water partition coefficient (Wildman–Crippen LogP) is 0.759. The number of methoxy groups -OCH3 is 2. The minimum atomic E-state index is -0.833. The molecule has 4 nitrogen and oxygen atoms in total. The second-order valence-corrected chi connectivity index (χ2v) is 2.02. The maximum atomic E-state index is 9.00. The van der Waals surface area contributed by atoms with Gasteiger partial charge >= 0.3 is 0 Å². The van der Waals surface area contributed by atoms with Crippen molar-refractivity contribution in [3.8, 4) is 0 Å². The molecule has 4 heteroatoms. The first-order chi connectivity index (χ1) is 5.04. The van der Waals surface area contributed by atoms with Crippen molar-refractivity contribution in [2.75, 3.05) is 20.8 Å². The molecule has 0 aromatic carbocycles. The Hall–Kier alpha value is -0.610. The maximum Gasteiger partial charge on any atom is 0.300 e. The fourth-order valence-electron chi connectivity index (χ4n) is 0.303. The van der Waals surface area contributed by atoms with Gasteiger partial charge in [0.15, 0.2) is 0 Å². The minimum Gasteiger partial charge on any atom is -0.481 e. The molecule has 0 bridgehead atoms. The molecule has 1 atom stereocenters. The van der Waals surface area contributed by atoms with E-state index in [1.165, 1.54) is 0 Å². The number of hydrogen-bond donors (Lipinski definition) is 1. The molecule has 0 amide bonds. The van der Waals surface area contributed by atoms with Crippen LogP contribution < -0.4 is 0 Å². The summed E-state index contributed by atoms with van der Waals surface area (Å²) in [7, 11) is 3.33. The quantitative estimate of drug-likeness (QED) is 0.669. The van der Waals surface area contributed by atoms with Crippen molar-refractivity contribution >= 4 is 5.97 Å². The summed E-state index contributed by atoms with van der Waals surface area (Å²) < 4.78 is 9.64. The molecule has 0 aromatic rings. The van der Waals surface area contributed by atoms with E-state index >= 15 is 0 Å². The van der Waals surface area contributed by atoms with E-state index in [2.05, 4.69) is 0 Å². The summed E-state index contributed by atoms with van der Waals surface area (Å²) in [5.41, 5.74) is 0. The van der Waals surface area contributed by atoms with E-state index < -0.39 is 5.97 Å². The molecule has 0 aromatic heterocycles. The Kier molecular flexibility index (Phi) is 11.1. The average Bonchev–Trinajstić information content (AvgIpc) is 1.87. The Labute approximate surface area is 67.1 Å². The normalized spacial score (nSPS) is 11.3. The van der Waals surface area contributed by atoms with Gasteiger partial charge in [-0.15, -0.1) is 0 Å². The molecule has 0 saturated heterocycles. The summed E-state index contributed by atoms with van der Waals surface area (Å²) in [5, 5.41) is 7.42. The minimum absolute atomic E-state index is 0.227. The molecular weight excluding hydrogens is 148 g/mol. The van der Waals surface area contributed by atoms with Crippen molar-refractivity contribution < 1.29 is 19.4 Å². The molecule has 0 fully saturated rings. The molecule has 0 radical (unpaired) electrons. The number of carboxylic acid groups (broad SMARTS) is 1. The summed E-state index contributed by atoms with van der Waals surface area (Å²) in [5.74, 6) is -0.833. The average molecular weight is 164 g/mol. The fourth-order valence-corrected chi connectivity index (χ4v) is 0.303. The van der Waals surface area contributed by atoms with Crippen molar-refractivity contribution in [3.05, 3.63) is 0 Å². The first kappa shape index (κ1) is 13.0. The van der Waals surface area contributed by atoms with Crippen molar-refractivity contribution in [2.45, 2.75) is 20.0 Å². The Morgan fingerprint density at radius 3 is 2.00 bits per heavy atom. The Morgan fingerprint density at radius 1 is 1.55 bits per heavy atom. The van der Waals surface area contributed by atoms with Crippen LogP contribution in [0, 0.1) is 0 Å². The Balaban J connectivity index is 0. The lowest BCUT2D eigenvalue weighted by molar-refractivity contribution is -0.134. The number of ether oxygens (including phenoxy) is 2. The molecule has 11 heavy (non-hydrogen) atoms. The summed E-state index contributed by atoms with van der Waals surface area (Å²) in [6.45, 7) is 3.72. The number of aliphatic carboxylic acids is 1. The lowest BCUT2D eigenvalue weighted by Crippen LogP contribution is -2.11. The first-order valence-electron chi connectivity index (χ1n) is 3.25. The van der Waals surface area contributed by atoms with Crippen LogP contribution in [0.25, 0.3) is 0 Å². The topological polar surface area (TPSA) is 55.8 Å². The molecular formula is C7H16O4. The lowest BCUT2D eigenvalue weighted by atomic mass is 10.4.